The highest BCUT2D eigenvalue weighted by molar-refractivity contribution is 5.91. The van der Waals surface area contributed by atoms with Crippen LogP contribution in [0.25, 0.3) is 0 Å². The Morgan fingerprint density at radius 2 is 1.95 bits per heavy atom. The summed E-state index contributed by atoms with van der Waals surface area (Å²) in [6.45, 7) is 0.0640. The molecule has 1 fully saturated rings. The number of carbonyl (C=O) groups is 2. The number of aromatic nitrogens is 5. The van der Waals surface area contributed by atoms with Crippen molar-refractivity contribution in [1.29, 1.82) is 0 Å². The van der Waals surface area contributed by atoms with E-state index in [4.69, 9.17) is 15.2 Å². The second-order valence-corrected chi connectivity index (χ2v) is 9.77. The predicted octanol–water partition coefficient (Wildman–Crippen LogP) is -5.78. The molecule has 2 aromatic heterocycles. The van der Waals surface area contributed by atoms with Gasteiger partial charge in [0.2, 0.25) is 5.91 Å². The molecule has 10 N–H and O–H groups in total. The molecule has 0 saturated carbocycles. The number of rotatable bonds is 10. The van der Waals surface area contributed by atoms with Gasteiger partial charge < -0.3 is 56.5 Å². The third-order valence-electron chi connectivity index (χ3n) is 6.66. The van der Waals surface area contributed by atoms with Crippen molar-refractivity contribution in [2.75, 3.05) is 12.3 Å². The largest absolute Gasteiger partial charge is 0.480 e. The average molecular weight is 597 g/mol. The van der Waals surface area contributed by atoms with Crippen molar-refractivity contribution in [3.63, 3.8) is 0 Å². The number of hydrogen-bond donors (Lipinski definition) is 9. The first-order valence-electron chi connectivity index (χ1n) is 12.7. The first-order valence-corrected chi connectivity index (χ1v) is 12.7. The number of nitrogen functional groups attached to an aromatic ring is 1. The topological polar surface area (TPSA) is 290 Å². The molecule has 9 atom stereocenters. The number of hydrogen-bond acceptors (Lipinski definition) is 15. The summed E-state index contributed by atoms with van der Waals surface area (Å²) in [5.74, 6) is -1.83. The lowest BCUT2D eigenvalue weighted by Crippen LogP contribution is -2.60. The lowest BCUT2D eigenvalue weighted by molar-refractivity contribution is -0.139. The average Bonchev–Trinajstić information content (AvgIpc) is 3.51. The number of amides is 2. The number of aliphatic hydroxyl groups is 6. The Kier molecular flexibility index (Phi) is 9.51. The Labute approximate surface area is 236 Å². The van der Waals surface area contributed by atoms with Crippen LogP contribution in [0.2, 0.25) is 0 Å². The van der Waals surface area contributed by atoms with Crippen LogP contribution in [-0.2, 0) is 32.2 Å². The van der Waals surface area contributed by atoms with E-state index in [1.807, 2.05) is 0 Å². The molecular weight excluding hydrogens is 564 g/mol. The van der Waals surface area contributed by atoms with E-state index in [9.17, 15) is 45.0 Å². The van der Waals surface area contributed by atoms with E-state index < -0.39 is 84.9 Å². The van der Waals surface area contributed by atoms with E-state index in [-0.39, 0.29) is 24.6 Å². The van der Waals surface area contributed by atoms with Gasteiger partial charge in [-0.2, -0.15) is 4.98 Å². The molecule has 2 amide bonds. The molecule has 2 aliphatic heterocycles. The first-order chi connectivity index (χ1) is 19.9. The van der Waals surface area contributed by atoms with E-state index in [2.05, 4.69) is 25.9 Å². The summed E-state index contributed by atoms with van der Waals surface area (Å²) < 4.78 is 13.5. The van der Waals surface area contributed by atoms with Crippen LogP contribution in [0.15, 0.2) is 35.1 Å². The minimum Gasteiger partial charge on any atom is -0.480 e. The third-order valence-corrected chi connectivity index (χ3v) is 6.66. The van der Waals surface area contributed by atoms with Gasteiger partial charge in [-0.25, -0.2) is 9.48 Å². The van der Waals surface area contributed by atoms with Gasteiger partial charge in [0.1, 0.15) is 48.1 Å². The molecule has 3 unspecified atom stereocenters. The lowest BCUT2D eigenvalue weighted by atomic mass is 9.93. The molecule has 19 nitrogen and oxygen atoms in total. The number of aliphatic hydroxyl groups excluding tert-OH is 6. The summed E-state index contributed by atoms with van der Waals surface area (Å²) in [6.07, 6.45) is -7.73. The molecule has 0 radical (unpaired) electrons. The van der Waals surface area contributed by atoms with Crippen LogP contribution in [0.3, 0.4) is 0 Å². The van der Waals surface area contributed by atoms with Crippen LogP contribution in [-0.4, -0.2) is 122 Å². The number of nitrogens with one attached hydrogen (secondary N) is 2. The van der Waals surface area contributed by atoms with Crippen LogP contribution in [0.1, 0.15) is 18.8 Å². The number of nitrogens with zero attached hydrogens (tertiary/aromatic N) is 5. The first kappa shape index (κ1) is 31.0. The minimum atomic E-state index is -1.76. The van der Waals surface area contributed by atoms with Crippen molar-refractivity contribution in [2.45, 2.75) is 75.0 Å². The van der Waals surface area contributed by atoms with Gasteiger partial charge in [-0.15, -0.1) is 5.10 Å². The van der Waals surface area contributed by atoms with Gasteiger partial charge in [-0.1, -0.05) is 5.21 Å². The second-order valence-electron chi connectivity index (χ2n) is 9.77. The molecule has 4 rings (SSSR count). The quantitative estimate of drug-likeness (QED) is 0.123. The highest BCUT2D eigenvalue weighted by atomic mass is 16.6. The zero-order chi connectivity index (χ0) is 30.7. The van der Waals surface area contributed by atoms with Crippen molar-refractivity contribution >= 4 is 17.6 Å². The molecule has 42 heavy (non-hydrogen) atoms. The number of ether oxygens (including phenoxy) is 2. The van der Waals surface area contributed by atoms with E-state index in [0.717, 1.165) is 17.6 Å². The molecule has 0 bridgehead atoms. The van der Waals surface area contributed by atoms with Crippen LogP contribution in [0, 0.1) is 0 Å². The van der Waals surface area contributed by atoms with Gasteiger partial charge in [0.25, 0.3) is 5.91 Å². The zero-order valence-corrected chi connectivity index (χ0v) is 22.2. The number of nitrogens with two attached hydrogens (primary N) is 1. The van der Waals surface area contributed by atoms with E-state index >= 15 is 0 Å². The maximum absolute atomic E-state index is 12.8. The van der Waals surface area contributed by atoms with Crippen LogP contribution in [0.4, 0.5) is 5.82 Å². The summed E-state index contributed by atoms with van der Waals surface area (Å²) >= 11 is 0. The summed E-state index contributed by atoms with van der Waals surface area (Å²) in [5.41, 5.74) is 4.97. The summed E-state index contributed by atoms with van der Waals surface area (Å²) in [4.78, 5) is 40.0. The van der Waals surface area contributed by atoms with Gasteiger partial charge in [0.15, 0.2) is 18.1 Å². The SMILES string of the molecule is CC(=O)N[C@H]1C(C(O)C(O)CO)OC(C(=O)NCc2cn(C[C@H]3O[C@@H](n4ccc(N)nc4=O)[C@H](O)[C@@H]3O)nn2)=C[C@@H]1O. The smallest absolute Gasteiger partial charge is 0.351 e. The van der Waals surface area contributed by atoms with Crippen molar-refractivity contribution < 1.29 is 49.7 Å². The number of carbonyl (C=O) groups excluding carboxylic acids is 2. The fourth-order valence-corrected chi connectivity index (χ4v) is 4.53. The van der Waals surface area contributed by atoms with Crippen LogP contribution >= 0.6 is 0 Å². The van der Waals surface area contributed by atoms with Gasteiger partial charge in [0.05, 0.1) is 31.9 Å². The van der Waals surface area contributed by atoms with Gasteiger partial charge in [-0.05, 0) is 12.1 Å². The molecule has 0 spiro atoms. The van der Waals surface area contributed by atoms with E-state index in [1.165, 1.54) is 23.1 Å². The third kappa shape index (κ3) is 6.73. The monoisotopic (exact) mass is 596 g/mol. The summed E-state index contributed by atoms with van der Waals surface area (Å²) in [5, 5.41) is 73.5. The standard InChI is InChI=1S/C23H32N8O11/c1-9(33)26-16-11(34)4-13(41-20(16)17(36)12(35)8-32)21(39)25-5-10-6-30(29-28-10)7-14-18(37)19(38)22(42-14)31-3-2-15(24)27-23(31)40/h2-4,6,11-12,14,16-20,22,32,34-38H,5,7-8H2,1H3,(H,25,39)(H,26,33)(H2,24,27,40)/t11-,12?,14+,16+,17?,18+,19+,20?,22+/m0/s1. The second kappa shape index (κ2) is 12.9. The molecule has 230 valence electrons. The van der Waals surface area contributed by atoms with Gasteiger partial charge in [-0.3, -0.25) is 14.2 Å². The molecule has 4 heterocycles. The molecule has 0 aromatic carbocycles. The van der Waals surface area contributed by atoms with Crippen molar-refractivity contribution in [3.05, 3.63) is 46.5 Å². The normalized spacial score (nSPS) is 28.8. The van der Waals surface area contributed by atoms with E-state index in [1.54, 1.807) is 0 Å². The van der Waals surface area contributed by atoms with Gasteiger partial charge in [0, 0.05) is 13.1 Å². The molecular formula is C23H32N8O11. The minimum absolute atomic E-state index is 0.0160. The fraction of sp³-hybridized carbons (Fsp3) is 0.565. The van der Waals surface area contributed by atoms with Crippen molar-refractivity contribution in [2.24, 2.45) is 0 Å². The predicted molar refractivity (Wildman–Crippen MR) is 136 cm³/mol. The maximum Gasteiger partial charge on any atom is 0.351 e. The molecule has 1 saturated heterocycles. The Balaban J connectivity index is 1.37. The zero-order valence-electron chi connectivity index (χ0n) is 22.2. The Morgan fingerprint density at radius 1 is 1.21 bits per heavy atom. The highest BCUT2D eigenvalue weighted by Crippen LogP contribution is 2.29. The summed E-state index contributed by atoms with van der Waals surface area (Å²) in [6, 6.07) is 0.114. The Hall–Kier alpha value is -3.98. The Morgan fingerprint density at radius 3 is 2.62 bits per heavy atom. The molecule has 2 aliphatic rings. The Bertz CT molecular complexity index is 1370. The van der Waals surface area contributed by atoms with Crippen molar-refractivity contribution in [3.8, 4) is 0 Å². The van der Waals surface area contributed by atoms with Crippen LogP contribution in [0.5, 0.6) is 0 Å². The maximum atomic E-state index is 12.8. The molecule has 19 heteroatoms. The highest BCUT2D eigenvalue weighted by Gasteiger charge is 2.45. The van der Waals surface area contributed by atoms with Crippen molar-refractivity contribution in [1.82, 2.24) is 35.2 Å². The molecule has 0 aliphatic carbocycles. The number of anilines is 1. The van der Waals surface area contributed by atoms with E-state index in [0.29, 0.717) is 0 Å². The lowest BCUT2D eigenvalue weighted by Gasteiger charge is -2.38. The summed E-state index contributed by atoms with van der Waals surface area (Å²) in [7, 11) is 0. The van der Waals surface area contributed by atoms with Crippen LogP contribution < -0.4 is 22.1 Å². The fourth-order valence-electron chi connectivity index (χ4n) is 4.53. The van der Waals surface area contributed by atoms with Gasteiger partial charge >= 0.3 is 5.69 Å². The molecule has 2 aromatic rings.